The van der Waals surface area contributed by atoms with Gasteiger partial charge >= 0.3 is 0 Å². The first-order chi connectivity index (χ1) is 11.9. The number of hydrogen-bond donors (Lipinski definition) is 0. The molecule has 0 N–H and O–H groups in total. The Labute approximate surface area is 148 Å². The van der Waals surface area contributed by atoms with Gasteiger partial charge in [-0.15, -0.1) is 0 Å². The van der Waals surface area contributed by atoms with Gasteiger partial charge in [-0.3, -0.25) is 4.98 Å². The van der Waals surface area contributed by atoms with E-state index in [2.05, 4.69) is 9.97 Å². The van der Waals surface area contributed by atoms with Gasteiger partial charge in [-0.2, -0.15) is 17.0 Å². The molecule has 0 aromatic carbocycles. The molecule has 1 aliphatic rings. The summed E-state index contributed by atoms with van der Waals surface area (Å²) in [6, 6.07) is 0. The third-order valence-corrected chi connectivity index (χ3v) is 6.44. The predicted molar refractivity (Wildman–Crippen MR) is 94.8 cm³/mol. The molecule has 1 atom stereocenters. The molecule has 25 heavy (non-hydrogen) atoms. The highest BCUT2D eigenvalue weighted by atomic mass is 32.2. The molecule has 136 valence electrons. The Morgan fingerprint density at radius 1 is 1.24 bits per heavy atom. The first kappa shape index (κ1) is 18.0. The maximum absolute atomic E-state index is 12.3. The lowest BCUT2D eigenvalue weighted by molar-refractivity contribution is 0.253. The fraction of sp³-hybridized carbons (Fsp3) is 0.562. The number of aryl methyl sites for hydroxylation is 1. The topological polar surface area (TPSA) is 84.2 Å². The second kappa shape index (κ2) is 7.19. The van der Waals surface area contributed by atoms with Crippen LogP contribution in [0.4, 0.5) is 0 Å². The molecule has 8 nitrogen and oxygen atoms in total. The van der Waals surface area contributed by atoms with Crippen LogP contribution in [0.2, 0.25) is 0 Å². The third kappa shape index (κ3) is 3.88. The summed E-state index contributed by atoms with van der Waals surface area (Å²) in [6.45, 7) is 1.11. The zero-order valence-electron chi connectivity index (χ0n) is 14.8. The Morgan fingerprint density at radius 2 is 2.04 bits per heavy atom. The molecule has 0 bridgehead atoms. The smallest absolute Gasteiger partial charge is 0.281 e. The molecule has 9 heteroatoms. The first-order valence-corrected chi connectivity index (χ1v) is 9.73. The highest BCUT2D eigenvalue weighted by molar-refractivity contribution is 7.86. The van der Waals surface area contributed by atoms with Crippen molar-refractivity contribution in [3.63, 3.8) is 0 Å². The van der Waals surface area contributed by atoms with Gasteiger partial charge < -0.3 is 4.57 Å². The van der Waals surface area contributed by atoms with Crippen molar-refractivity contribution >= 4 is 10.2 Å². The number of aromatic nitrogens is 4. The molecule has 0 aliphatic carbocycles. The van der Waals surface area contributed by atoms with Crippen molar-refractivity contribution in [3.05, 3.63) is 30.6 Å². The monoisotopic (exact) mass is 364 g/mol. The maximum atomic E-state index is 12.3. The summed E-state index contributed by atoms with van der Waals surface area (Å²) >= 11 is 0. The zero-order valence-corrected chi connectivity index (χ0v) is 15.6. The minimum atomic E-state index is -3.36. The number of nitrogens with zero attached hydrogens (tertiary/aromatic N) is 6. The minimum absolute atomic E-state index is 0.250. The summed E-state index contributed by atoms with van der Waals surface area (Å²) in [5.41, 5.74) is 2.58. The van der Waals surface area contributed by atoms with Gasteiger partial charge in [0.2, 0.25) is 0 Å². The molecule has 0 unspecified atom stereocenters. The Kier molecular flexibility index (Phi) is 5.16. The second-order valence-electron chi connectivity index (χ2n) is 6.65. The molecular weight excluding hydrogens is 340 g/mol. The van der Waals surface area contributed by atoms with Gasteiger partial charge in [-0.05, 0) is 25.2 Å². The number of hydrogen-bond acceptors (Lipinski definition) is 5. The molecule has 0 amide bonds. The predicted octanol–water partition coefficient (Wildman–Crippen LogP) is 0.938. The molecule has 1 fully saturated rings. The summed E-state index contributed by atoms with van der Waals surface area (Å²) in [4.78, 5) is 13.1. The van der Waals surface area contributed by atoms with Crippen molar-refractivity contribution in [2.24, 2.45) is 13.0 Å². The van der Waals surface area contributed by atoms with Crippen molar-refractivity contribution in [2.45, 2.75) is 19.3 Å². The van der Waals surface area contributed by atoms with Gasteiger partial charge in [0.05, 0.1) is 30.1 Å². The van der Waals surface area contributed by atoms with Gasteiger partial charge in [0.25, 0.3) is 10.2 Å². The van der Waals surface area contributed by atoms with Gasteiger partial charge in [-0.1, -0.05) is 0 Å². The van der Waals surface area contributed by atoms with E-state index in [-0.39, 0.29) is 5.92 Å². The average Bonchev–Trinajstić information content (AvgIpc) is 3.01. The van der Waals surface area contributed by atoms with E-state index in [1.54, 1.807) is 43.3 Å². The van der Waals surface area contributed by atoms with Gasteiger partial charge in [0.15, 0.2) is 0 Å². The lowest BCUT2D eigenvalue weighted by Crippen LogP contribution is -2.45. The highest BCUT2D eigenvalue weighted by Gasteiger charge is 2.30. The van der Waals surface area contributed by atoms with Crippen LogP contribution in [0.1, 0.15) is 18.5 Å². The summed E-state index contributed by atoms with van der Waals surface area (Å²) in [5.74, 6) is 0.250. The van der Waals surface area contributed by atoms with Gasteiger partial charge in [0, 0.05) is 40.4 Å². The summed E-state index contributed by atoms with van der Waals surface area (Å²) < 4.78 is 29.4. The summed E-state index contributed by atoms with van der Waals surface area (Å²) in [6.07, 6.45) is 9.57. The normalized spacial score (nSPS) is 19.4. The zero-order chi connectivity index (χ0) is 18.0. The van der Waals surface area contributed by atoms with E-state index in [0.29, 0.717) is 13.1 Å². The highest BCUT2D eigenvalue weighted by Crippen LogP contribution is 2.23. The van der Waals surface area contributed by atoms with Crippen molar-refractivity contribution < 1.29 is 8.42 Å². The Bertz CT molecular complexity index is 833. The molecule has 3 rings (SSSR count). The molecule has 0 spiro atoms. The van der Waals surface area contributed by atoms with Crippen LogP contribution < -0.4 is 0 Å². The van der Waals surface area contributed by atoms with E-state index < -0.39 is 10.2 Å². The number of rotatable bonds is 5. The van der Waals surface area contributed by atoms with Crippen LogP contribution in [0.3, 0.4) is 0 Å². The molecule has 0 radical (unpaired) electrons. The quantitative estimate of drug-likeness (QED) is 0.788. The Balaban J connectivity index is 1.73. The van der Waals surface area contributed by atoms with E-state index in [1.807, 2.05) is 11.6 Å². The van der Waals surface area contributed by atoms with Gasteiger partial charge in [0.1, 0.15) is 5.69 Å². The van der Waals surface area contributed by atoms with Crippen molar-refractivity contribution in [1.29, 1.82) is 0 Å². The van der Waals surface area contributed by atoms with E-state index in [9.17, 15) is 8.42 Å². The molecule has 1 aliphatic heterocycles. The van der Waals surface area contributed by atoms with Crippen LogP contribution in [-0.2, 0) is 23.7 Å². The van der Waals surface area contributed by atoms with E-state index in [0.717, 1.165) is 36.3 Å². The Morgan fingerprint density at radius 3 is 2.72 bits per heavy atom. The molecule has 3 heterocycles. The molecule has 1 saturated heterocycles. The summed E-state index contributed by atoms with van der Waals surface area (Å²) in [5, 5.41) is 0. The minimum Gasteiger partial charge on any atom is -0.332 e. The van der Waals surface area contributed by atoms with Crippen LogP contribution >= 0.6 is 0 Å². The molecule has 0 saturated carbocycles. The van der Waals surface area contributed by atoms with Crippen molar-refractivity contribution in [1.82, 2.24) is 28.1 Å². The van der Waals surface area contributed by atoms with E-state index in [4.69, 9.17) is 4.98 Å². The largest absolute Gasteiger partial charge is 0.332 e. The van der Waals surface area contributed by atoms with Crippen LogP contribution in [0.5, 0.6) is 0 Å². The van der Waals surface area contributed by atoms with E-state index in [1.165, 1.54) is 4.31 Å². The SMILES string of the molecule is CN(C)S(=O)(=O)N1CCC[C@H](Cc2cncc(-c3cncn3C)n2)C1. The lowest BCUT2D eigenvalue weighted by Gasteiger charge is -2.33. The standard InChI is InChI=1S/C16H24N6O2S/c1-20(2)25(23,24)22-6-4-5-13(11-22)7-14-8-17-9-15(19-14)16-10-18-12-21(16)3/h8-10,12-13H,4-7,11H2,1-3H3/t13-/m1/s1. The molecule has 2 aromatic heterocycles. The van der Waals surface area contributed by atoms with Crippen LogP contribution in [0, 0.1) is 5.92 Å². The maximum Gasteiger partial charge on any atom is 0.281 e. The van der Waals surface area contributed by atoms with Crippen LogP contribution in [-0.4, -0.2) is 63.7 Å². The van der Waals surface area contributed by atoms with Crippen molar-refractivity contribution in [2.75, 3.05) is 27.2 Å². The first-order valence-electron chi connectivity index (χ1n) is 8.33. The van der Waals surface area contributed by atoms with Crippen molar-refractivity contribution in [3.8, 4) is 11.4 Å². The average molecular weight is 364 g/mol. The Hall–Kier alpha value is -1.84. The molecular formula is C16H24N6O2S. The number of imidazole rings is 1. The lowest BCUT2D eigenvalue weighted by atomic mass is 9.95. The number of piperidine rings is 1. The van der Waals surface area contributed by atoms with Gasteiger partial charge in [-0.25, -0.2) is 9.97 Å². The van der Waals surface area contributed by atoms with E-state index >= 15 is 0 Å². The fourth-order valence-electron chi connectivity index (χ4n) is 3.16. The van der Waals surface area contributed by atoms with Crippen LogP contribution in [0.15, 0.2) is 24.9 Å². The summed E-state index contributed by atoms with van der Waals surface area (Å²) in [7, 11) is 1.71. The van der Waals surface area contributed by atoms with Crippen LogP contribution in [0.25, 0.3) is 11.4 Å². The molecule has 2 aromatic rings. The fourth-order valence-corrected chi connectivity index (χ4v) is 4.38. The third-order valence-electron chi connectivity index (χ3n) is 4.53. The second-order valence-corrected chi connectivity index (χ2v) is 8.79.